The second-order valence-electron chi connectivity index (χ2n) is 7.35. The van der Waals surface area contributed by atoms with Crippen molar-refractivity contribution in [2.24, 2.45) is 0 Å². The quantitative estimate of drug-likeness (QED) is 0.426. The Labute approximate surface area is 173 Å². The molecular weight excluding hydrogens is 400 g/mol. The van der Waals surface area contributed by atoms with Crippen LogP contribution in [0.25, 0.3) is 0 Å². The predicted molar refractivity (Wildman–Crippen MR) is 114 cm³/mol. The molecule has 1 saturated heterocycles. The first kappa shape index (κ1) is 21.8. The lowest BCUT2D eigenvalue weighted by atomic mass is 9.99. The molecule has 0 aliphatic carbocycles. The average Bonchev–Trinajstić information content (AvgIpc) is 3.00. The third kappa shape index (κ3) is 5.38. The molecule has 1 N–H and O–H groups in total. The van der Waals surface area contributed by atoms with Crippen LogP contribution in [0.1, 0.15) is 25.3 Å². The minimum atomic E-state index is -4.40. The molecule has 1 atom stereocenters. The van der Waals surface area contributed by atoms with Crippen molar-refractivity contribution in [3.63, 3.8) is 0 Å². The van der Waals surface area contributed by atoms with E-state index in [1.54, 1.807) is 31.2 Å². The molecule has 0 amide bonds. The van der Waals surface area contributed by atoms with E-state index in [2.05, 4.69) is 11.9 Å². The van der Waals surface area contributed by atoms with Gasteiger partial charge in [-0.2, -0.15) is 24.9 Å². The van der Waals surface area contributed by atoms with Crippen molar-refractivity contribution in [1.29, 1.82) is 0 Å². The summed E-state index contributed by atoms with van der Waals surface area (Å²) in [6.45, 7) is 4.01. The Hall–Kier alpha value is -1.89. The van der Waals surface area contributed by atoms with Crippen LogP contribution in [-0.4, -0.2) is 36.3 Å². The van der Waals surface area contributed by atoms with Gasteiger partial charge in [-0.15, -0.1) is 0 Å². The number of alkyl halides is 3. The van der Waals surface area contributed by atoms with Gasteiger partial charge in [-0.05, 0) is 43.4 Å². The number of anilines is 2. The second kappa shape index (κ2) is 9.28. The van der Waals surface area contributed by atoms with Gasteiger partial charge in [0.2, 0.25) is 0 Å². The van der Waals surface area contributed by atoms with Crippen LogP contribution in [0.5, 0.6) is 0 Å². The van der Waals surface area contributed by atoms with Gasteiger partial charge in [0.25, 0.3) is 0 Å². The number of fused-ring (bicyclic) bond motifs is 1. The third-order valence-corrected chi connectivity index (χ3v) is 6.35. The Kier molecular flexibility index (Phi) is 6.98. The highest BCUT2D eigenvalue weighted by Gasteiger charge is 2.41. The highest BCUT2D eigenvalue weighted by molar-refractivity contribution is 7.99. The summed E-state index contributed by atoms with van der Waals surface area (Å²) in [5.74, 6) is 1.45. The lowest BCUT2D eigenvalue weighted by Crippen LogP contribution is -2.40. The average molecular weight is 427 g/mol. The number of hydrogen-bond donors (Lipinski definition) is 1. The number of halogens is 4. The van der Waals surface area contributed by atoms with Crippen LogP contribution >= 0.6 is 11.8 Å². The van der Waals surface area contributed by atoms with E-state index in [9.17, 15) is 17.6 Å². The van der Waals surface area contributed by atoms with Crippen molar-refractivity contribution in [3.8, 4) is 0 Å². The summed E-state index contributed by atoms with van der Waals surface area (Å²) in [6, 6.07) is 4.94. The van der Waals surface area contributed by atoms with Crippen molar-refractivity contribution in [1.82, 2.24) is 0 Å². The fourth-order valence-corrected chi connectivity index (χ4v) is 5.08. The summed E-state index contributed by atoms with van der Waals surface area (Å²) >= 11 is 1.92. The Bertz CT molecular complexity index is 794. The second-order valence-corrected chi connectivity index (χ2v) is 8.57. The number of hydrogen-bond acceptors (Lipinski definition) is 3. The summed E-state index contributed by atoms with van der Waals surface area (Å²) in [4.78, 5) is 1.26. The summed E-state index contributed by atoms with van der Waals surface area (Å²) in [5.41, 5.74) is 2.36. The molecule has 1 fully saturated rings. The summed E-state index contributed by atoms with van der Waals surface area (Å²) < 4.78 is 54.3. The first-order valence-corrected chi connectivity index (χ1v) is 10.9. The van der Waals surface area contributed by atoms with Crippen molar-refractivity contribution >= 4 is 23.1 Å². The van der Waals surface area contributed by atoms with Crippen LogP contribution in [0.4, 0.5) is 28.9 Å². The van der Waals surface area contributed by atoms with Crippen LogP contribution in [-0.2, 0) is 6.42 Å². The third-order valence-electron chi connectivity index (χ3n) is 5.31. The molecule has 29 heavy (non-hydrogen) atoms. The van der Waals surface area contributed by atoms with Crippen molar-refractivity contribution in [2.75, 3.05) is 28.3 Å². The Morgan fingerprint density at radius 2 is 2.03 bits per heavy atom. The van der Waals surface area contributed by atoms with Crippen LogP contribution in [0.2, 0.25) is 0 Å². The maximum Gasteiger partial charge on any atom is 0.405 e. The Morgan fingerprint density at radius 1 is 1.31 bits per heavy atom. The van der Waals surface area contributed by atoms with Gasteiger partial charge >= 0.3 is 6.18 Å². The number of rotatable bonds is 6. The van der Waals surface area contributed by atoms with E-state index >= 15 is 0 Å². The number of nitrogens with one attached hydrogen (secondary N) is 1. The molecule has 158 valence electrons. The van der Waals surface area contributed by atoms with Crippen molar-refractivity contribution in [2.45, 2.75) is 44.4 Å². The Balaban J connectivity index is 1.97. The topological polar surface area (TPSA) is 15.3 Å². The SMILES string of the molecule is C=C(F)/C(=C\C=C/C)C1Cc2c(NC3CCSCC3)cccc2N1CC(F)(F)F. The van der Waals surface area contributed by atoms with Gasteiger partial charge in [-0.25, -0.2) is 4.39 Å². The summed E-state index contributed by atoms with van der Waals surface area (Å²) in [5, 5.41) is 3.53. The van der Waals surface area contributed by atoms with Gasteiger partial charge < -0.3 is 10.2 Å². The van der Waals surface area contributed by atoms with E-state index in [1.165, 1.54) is 11.0 Å². The maximum atomic E-state index is 14.2. The monoisotopic (exact) mass is 426 g/mol. The zero-order valence-corrected chi connectivity index (χ0v) is 17.3. The van der Waals surface area contributed by atoms with Gasteiger partial charge in [-0.3, -0.25) is 0 Å². The van der Waals surface area contributed by atoms with E-state index in [0.717, 1.165) is 35.6 Å². The summed E-state index contributed by atoms with van der Waals surface area (Å²) in [7, 11) is 0. The van der Waals surface area contributed by atoms with E-state index < -0.39 is 24.6 Å². The largest absolute Gasteiger partial charge is 0.405 e. The lowest BCUT2D eigenvalue weighted by molar-refractivity contribution is -0.120. The molecule has 2 aliphatic rings. The fraction of sp³-hybridized carbons (Fsp3) is 0.455. The number of allylic oxidation sites excluding steroid dienone is 3. The minimum absolute atomic E-state index is 0.184. The first-order chi connectivity index (χ1) is 13.8. The normalized spacial score (nSPS) is 20.9. The first-order valence-electron chi connectivity index (χ1n) is 9.77. The molecule has 3 rings (SSSR count). The molecular formula is C22H26F4N2S. The zero-order valence-electron chi connectivity index (χ0n) is 16.4. The summed E-state index contributed by atoms with van der Waals surface area (Å²) in [6.07, 6.45) is 2.83. The standard InChI is InChI=1S/C22H26F4N2S/c1-3-4-6-17(15(2)23)21-13-18-19(27-16-9-11-29-12-10-16)7-5-8-20(18)28(21)14-22(24,25)26/h3-8,16,21,27H,2,9-14H2,1H3/b4-3-,17-6+. The maximum absolute atomic E-state index is 14.2. The van der Waals surface area contributed by atoms with Crippen molar-refractivity contribution in [3.05, 3.63) is 60.0 Å². The van der Waals surface area contributed by atoms with Gasteiger partial charge in [0, 0.05) is 35.0 Å². The van der Waals surface area contributed by atoms with Crippen molar-refractivity contribution < 1.29 is 17.6 Å². The predicted octanol–water partition coefficient (Wildman–Crippen LogP) is 6.27. The molecule has 0 saturated carbocycles. The van der Waals surface area contributed by atoms with E-state index in [4.69, 9.17) is 0 Å². The number of nitrogens with zero attached hydrogens (tertiary/aromatic N) is 1. The molecule has 0 spiro atoms. The van der Waals surface area contributed by atoms with E-state index in [-0.39, 0.29) is 5.57 Å². The molecule has 7 heteroatoms. The molecule has 2 aliphatic heterocycles. The van der Waals surface area contributed by atoms with Gasteiger partial charge in [0.1, 0.15) is 12.4 Å². The zero-order chi connectivity index (χ0) is 21.0. The van der Waals surface area contributed by atoms with Crippen LogP contribution in [0, 0.1) is 0 Å². The fourth-order valence-electron chi connectivity index (χ4n) is 3.98. The van der Waals surface area contributed by atoms with Crippen LogP contribution in [0.15, 0.2) is 54.4 Å². The molecule has 0 aromatic heterocycles. The minimum Gasteiger partial charge on any atom is -0.382 e. The van der Waals surface area contributed by atoms with Crippen LogP contribution < -0.4 is 10.2 Å². The number of benzene rings is 1. The lowest BCUT2D eigenvalue weighted by Gasteiger charge is -2.29. The molecule has 0 radical (unpaired) electrons. The van der Waals surface area contributed by atoms with E-state index in [0.29, 0.717) is 18.2 Å². The van der Waals surface area contributed by atoms with E-state index in [1.807, 2.05) is 17.8 Å². The number of thioether (sulfide) groups is 1. The van der Waals surface area contributed by atoms with Gasteiger partial charge in [0.15, 0.2) is 0 Å². The van der Waals surface area contributed by atoms with Crippen LogP contribution in [0.3, 0.4) is 0 Å². The highest BCUT2D eigenvalue weighted by atomic mass is 32.2. The molecule has 1 unspecified atom stereocenters. The van der Waals surface area contributed by atoms with Gasteiger partial charge in [-0.1, -0.05) is 30.9 Å². The molecule has 2 nitrogen and oxygen atoms in total. The molecule has 0 bridgehead atoms. The van der Waals surface area contributed by atoms with Gasteiger partial charge in [0.05, 0.1) is 6.04 Å². The Morgan fingerprint density at radius 3 is 2.66 bits per heavy atom. The highest BCUT2D eigenvalue weighted by Crippen LogP contribution is 2.42. The smallest absolute Gasteiger partial charge is 0.382 e. The molecule has 2 heterocycles. The molecule has 1 aromatic carbocycles. The molecule has 1 aromatic rings.